The predicted octanol–water partition coefficient (Wildman–Crippen LogP) is 3.25. The lowest BCUT2D eigenvalue weighted by molar-refractivity contribution is -0.116. The molecule has 27 heavy (non-hydrogen) atoms. The van der Waals surface area contributed by atoms with Gasteiger partial charge in [0.1, 0.15) is 12.1 Å². The maximum Gasteiger partial charge on any atom is 0.265 e. The number of carbonyl (C=O) groups is 1. The van der Waals surface area contributed by atoms with Gasteiger partial charge in [-0.25, -0.2) is 8.42 Å². The van der Waals surface area contributed by atoms with E-state index in [-0.39, 0.29) is 4.90 Å². The van der Waals surface area contributed by atoms with Gasteiger partial charge >= 0.3 is 0 Å². The molecule has 3 aromatic rings. The molecule has 0 radical (unpaired) electrons. The van der Waals surface area contributed by atoms with E-state index in [0.29, 0.717) is 22.3 Å². The highest BCUT2D eigenvalue weighted by atomic mass is 32.2. The van der Waals surface area contributed by atoms with Crippen LogP contribution in [0.5, 0.6) is 0 Å². The first-order valence-electron chi connectivity index (χ1n) is 8.31. The van der Waals surface area contributed by atoms with Crippen molar-refractivity contribution in [2.24, 2.45) is 0 Å². The molecule has 7 heteroatoms. The molecule has 3 aromatic carbocycles. The minimum atomic E-state index is -3.84. The Morgan fingerprint density at radius 2 is 1.78 bits per heavy atom. The third-order valence-corrected chi connectivity index (χ3v) is 6.58. The molecule has 1 atom stereocenters. The van der Waals surface area contributed by atoms with Crippen molar-refractivity contribution in [1.29, 1.82) is 5.26 Å². The molecule has 134 valence electrons. The van der Waals surface area contributed by atoms with Gasteiger partial charge in [-0.2, -0.15) is 5.26 Å². The van der Waals surface area contributed by atoms with Crippen molar-refractivity contribution >= 4 is 38.1 Å². The Bertz CT molecular complexity index is 1220. The van der Waals surface area contributed by atoms with Crippen molar-refractivity contribution < 1.29 is 13.2 Å². The molecule has 0 bridgehead atoms. The largest absolute Gasteiger partial charge is 0.323 e. The average molecular weight is 377 g/mol. The van der Waals surface area contributed by atoms with E-state index in [1.807, 2.05) is 18.2 Å². The molecule has 0 saturated heterocycles. The van der Waals surface area contributed by atoms with Crippen LogP contribution in [0.15, 0.2) is 65.6 Å². The van der Waals surface area contributed by atoms with Gasteiger partial charge in [-0.3, -0.25) is 9.10 Å². The summed E-state index contributed by atoms with van der Waals surface area (Å²) in [6.07, 6.45) is 0. The van der Waals surface area contributed by atoms with Gasteiger partial charge in [0.2, 0.25) is 5.91 Å². The van der Waals surface area contributed by atoms with Crippen LogP contribution in [0.2, 0.25) is 0 Å². The number of hydrogen-bond acceptors (Lipinski definition) is 4. The Hall–Kier alpha value is -3.37. The van der Waals surface area contributed by atoms with Gasteiger partial charge in [-0.05, 0) is 36.6 Å². The molecule has 1 aliphatic heterocycles. The fourth-order valence-electron chi connectivity index (χ4n) is 3.37. The molecule has 1 amide bonds. The number of carbonyl (C=O) groups excluding carboxylic acids is 1. The lowest BCUT2D eigenvalue weighted by Gasteiger charge is -2.25. The summed E-state index contributed by atoms with van der Waals surface area (Å²) in [6.45, 7) is 1.53. The van der Waals surface area contributed by atoms with Crippen LogP contribution in [0, 0.1) is 11.3 Å². The molecule has 1 heterocycles. The first-order valence-corrected chi connectivity index (χ1v) is 9.75. The summed E-state index contributed by atoms with van der Waals surface area (Å²) in [5.74, 6) is -0.508. The molecule has 0 aliphatic carbocycles. The first-order chi connectivity index (χ1) is 12.9. The van der Waals surface area contributed by atoms with E-state index in [4.69, 9.17) is 0 Å². The maximum atomic E-state index is 13.1. The summed E-state index contributed by atoms with van der Waals surface area (Å²) in [5.41, 5.74) is 1.15. The Morgan fingerprint density at radius 3 is 2.52 bits per heavy atom. The zero-order valence-corrected chi connectivity index (χ0v) is 15.2. The highest BCUT2D eigenvalue weighted by Crippen LogP contribution is 2.43. The quantitative estimate of drug-likeness (QED) is 0.759. The summed E-state index contributed by atoms with van der Waals surface area (Å²) in [5, 5.41) is 13.3. The van der Waals surface area contributed by atoms with Crippen molar-refractivity contribution in [3.63, 3.8) is 0 Å². The Balaban J connectivity index is 1.75. The van der Waals surface area contributed by atoms with E-state index in [9.17, 15) is 18.5 Å². The number of nitriles is 1. The molecule has 1 aliphatic rings. The standard InChI is InChI=1S/C20H15N3O3S/c1-13(20(24)22-16-9-3-2-6-15(16)12-21)23-17-10-4-7-14-8-5-11-18(19(14)17)27(23,25)26/h2-11,13H,1H3,(H,22,24)/t13-/m1/s1. The van der Waals surface area contributed by atoms with Gasteiger partial charge in [0, 0.05) is 5.39 Å². The molecule has 0 spiro atoms. The van der Waals surface area contributed by atoms with E-state index >= 15 is 0 Å². The third-order valence-electron chi connectivity index (χ3n) is 4.66. The minimum absolute atomic E-state index is 0.202. The summed E-state index contributed by atoms with van der Waals surface area (Å²) < 4.78 is 27.3. The van der Waals surface area contributed by atoms with E-state index in [0.717, 1.165) is 9.69 Å². The van der Waals surface area contributed by atoms with Crippen LogP contribution >= 0.6 is 0 Å². The minimum Gasteiger partial charge on any atom is -0.323 e. The van der Waals surface area contributed by atoms with Crippen molar-refractivity contribution in [1.82, 2.24) is 0 Å². The van der Waals surface area contributed by atoms with Gasteiger partial charge in [0.25, 0.3) is 10.0 Å². The van der Waals surface area contributed by atoms with Gasteiger partial charge < -0.3 is 5.32 Å². The van der Waals surface area contributed by atoms with Crippen LogP contribution < -0.4 is 9.62 Å². The summed E-state index contributed by atoms with van der Waals surface area (Å²) in [7, 11) is -3.84. The maximum absolute atomic E-state index is 13.1. The Labute approximate surface area is 156 Å². The van der Waals surface area contributed by atoms with Gasteiger partial charge in [0.05, 0.1) is 21.8 Å². The number of hydrogen-bond donors (Lipinski definition) is 1. The smallest absolute Gasteiger partial charge is 0.265 e. The molecular weight excluding hydrogens is 362 g/mol. The van der Waals surface area contributed by atoms with E-state index in [1.54, 1.807) is 48.5 Å². The molecule has 0 aromatic heterocycles. The second-order valence-corrected chi connectivity index (χ2v) is 8.04. The molecule has 4 rings (SSSR count). The number of benzene rings is 3. The number of nitrogens with zero attached hydrogens (tertiary/aromatic N) is 2. The number of para-hydroxylation sites is 1. The molecular formula is C20H15N3O3S. The molecule has 0 unspecified atom stereocenters. The Morgan fingerprint density at radius 1 is 1.07 bits per heavy atom. The lowest BCUT2D eigenvalue weighted by atomic mass is 10.1. The summed E-state index contributed by atoms with van der Waals surface area (Å²) in [4.78, 5) is 13.0. The second kappa shape index (κ2) is 6.11. The monoisotopic (exact) mass is 377 g/mol. The summed E-state index contributed by atoms with van der Waals surface area (Å²) in [6, 6.07) is 18.0. The molecule has 1 N–H and O–H groups in total. The van der Waals surface area contributed by atoms with Crippen LogP contribution in [-0.4, -0.2) is 20.4 Å². The van der Waals surface area contributed by atoms with Crippen molar-refractivity contribution in [2.45, 2.75) is 17.9 Å². The highest BCUT2D eigenvalue weighted by Gasteiger charge is 2.40. The molecule has 0 fully saturated rings. The van der Waals surface area contributed by atoms with E-state index in [1.165, 1.54) is 6.92 Å². The molecule has 0 saturated carbocycles. The van der Waals surface area contributed by atoms with E-state index < -0.39 is 22.0 Å². The number of sulfonamides is 1. The van der Waals surface area contributed by atoms with Crippen molar-refractivity contribution in [3.05, 3.63) is 66.2 Å². The number of nitrogens with one attached hydrogen (secondary N) is 1. The zero-order chi connectivity index (χ0) is 19.2. The second-order valence-electron chi connectivity index (χ2n) is 6.25. The number of amides is 1. The fourth-order valence-corrected chi connectivity index (χ4v) is 5.24. The average Bonchev–Trinajstić information content (AvgIpc) is 2.90. The first kappa shape index (κ1) is 17.1. The normalized spacial score (nSPS) is 15.3. The number of rotatable bonds is 3. The zero-order valence-electron chi connectivity index (χ0n) is 14.4. The van der Waals surface area contributed by atoms with Crippen LogP contribution in [-0.2, 0) is 14.8 Å². The SMILES string of the molecule is C[C@H](C(=O)Nc1ccccc1C#N)N1c2cccc3cccc(c23)S1(=O)=O. The van der Waals surface area contributed by atoms with Gasteiger partial charge in [-0.1, -0.05) is 36.4 Å². The molecule has 6 nitrogen and oxygen atoms in total. The van der Waals surface area contributed by atoms with E-state index in [2.05, 4.69) is 5.32 Å². The van der Waals surface area contributed by atoms with Crippen LogP contribution in [0.25, 0.3) is 10.8 Å². The third kappa shape index (κ3) is 2.54. The van der Waals surface area contributed by atoms with Gasteiger partial charge in [0.15, 0.2) is 0 Å². The van der Waals surface area contributed by atoms with Crippen molar-refractivity contribution in [2.75, 3.05) is 9.62 Å². The lowest BCUT2D eigenvalue weighted by Crippen LogP contribution is -2.44. The van der Waals surface area contributed by atoms with Crippen LogP contribution in [0.3, 0.4) is 0 Å². The fraction of sp³-hybridized carbons (Fsp3) is 0.100. The number of anilines is 2. The Kier molecular flexibility index (Phi) is 3.86. The highest BCUT2D eigenvalue weighted by molar-refractivity contribution is 7.93. The predicted molar refractivity (Wildman–Crippen MR) is 103 cm³/mol. The van der Waals surface area contributed by atoms with Gasteiger partial charge in [-0.15, -0.1) is 0 Å². The van der Waals surface area contributed by atoms with Crippen LogP contribution in [0.1, 0.15) is 12.5 Å². The van der Waals surface area contributed by atoms with Crippen LogP contribution in [0.4, 0.5) is 11.4 Å². The van der Waals surface area contributed by atoms with Crippen molar-refractivity contribution in [3.8, 4) is 6.07 Å². The summed E-state index contributed by atoms with van der Waals surface area (Å²) >= 11 is 0. The topological polar surface area (TPSA) is 90.3 Å².